The number of rotatable bonds is 7. The third-order valence-corrected chi connectivity index (χ3v) is 3.85. The molecule has 0 aromatic carbocycles. The molecule has 0 heterocycles. The fourth-order valence-corrected chi connectivity index (χ4v) is 2.67. The van der Waals surface area contributed by atoms with E-state index in [9.17, 15) is 0 Å². The summed E-state index contributed by atoms with van der Waals surface area (Å²) < 4.78 is 0. The van der Waals surface area contributed by atoms with Crippen LogP contribution in [0.25, 0.3) is 0 Å². The van der Waals surface area contributed by atoms with Crippen LogP contribution in [0.3, 0.4) is 0 Å². The Morgan fingerprint density at radius 1 is 1.07 bits per heavy atom. The number of aliphatic hydroxyl groups is 1. The molecule has 0 aromatic heterocycles. The van der Waals surface area contributed by atoms with Crippen LogP contribution in [0.1, 0.15) is 71.1 Å². The largest absolute Gasteiger partial charge is 0.396 e. The Balaban J connectivity index is 1.87. The Morgan fingerprint density at radius 3 is 2.47 bits per heavy atom. The minimum atomic E-state index is 0.364. The minimum Gasteiger partial charge on any atom is -0.396 e. The molecule has 1 aliphatic rings. The molecule has 1 fully saturated rings. The predicted octanol–water partition coefficient (Wildman–Crippen LogP) is 4.15. The monoisotopic (exact) mass is 212 g/mol. The van der Waals surface area contributed by atoms with E-state index >= 15 is 0 Å². The summed E-state index contributed by atoms with van der Waals surface area (Å²) in [5, 5.41) is 8.90. The molecule has 1 nitrogen and oxygen atoms in total. The van der Waals surface area contributed by atoms with E-state index in [-0.39, 0.29) is 0 Å². The van der Waals surface area contributed by atoms with Gasteiger partial charge in [0, 0.05) is 6.61 Å². The van der Waals surface area contributed by atoms with Crippen LogP contribution in [0.15, 0.2) is 0 Å². The number of hydrogen-bond acceptors (Lipinski definition) is 1. The zero-order valence-corrected chi connectivity index (χ0v) is 10.4. The van der Waals surface area contributed by atoms with Crippen molar-refractivity contribution in [2.24, 2.45) is 11.8 Å². The van der Waals surface area contributed by atoms with Crippen molar-refractivity contribution in [3.63, 3.8) is 0 Å². The normalized spacial score (nSPS) is 20.4. The smallest absolute Gasteiger partial charge is 0.0456 e. The lowest BCUT2D eigenvalue weighted by molar-refractivity contribution is 0.226. The zero-order chi connectivity index (χ0) is 10.9. The van der Waals surface area contributed by atoms with Gasteiger partial charge in [0.25, 0.3) is 0 Å². The molecule has 0 bridgehead atoms. The fraction of sp³-hybridized carbons (Fsp3) is 1.00. The molecule has 90 valence electrons. The molecule has 0 spiro atoms. The van der Waals surface area contributed by atoms with E-state index < -0.39 is 0 Å². The van der Waals surface area contributed by atoms with Gasteiger partial charge in [0.2, 0.25) is 0 Å². The van der Waals surface area contributed by atoms with Gasteiger partial charge < -0.3 is 5.11 Å². The molecule has 1 heteroatoms. The van der Waals surface area contributed by atoms with Crippen molar-refractivity contribution in [3.05, 3.63) is 0 Å². The molecule has 0 aromatic rings. The first-order chi connectivity index (χ1) is 7.33. The third kappa shape index (κ3) is 6.19. The predicted molar refractivity (Wildman–Crippen MR) is 65.9 cm³/mol. The van der Waals surface area contributed by atoms with Gasteiger partial charge in [-0.25, -0.2) is 0 Å². The lowest BCUT2D eigenvalue weighted by Crippen LogP contribution is -2.06. The topological polar surface area (TPSA) is 20.2 Å². The summed E-state index contributed by atoms with van der Waals surface area (Å²) in [6, 6.07) is 0. The minimum absolute atomic E-state index is 0.364. The van der Waals surface area contributed by atoms with Crippen molar-refractivity contribution < 1.29 is 5.11 Å². The van der Waals surface area contributed by atoms with Gasteiger partial charge in [-0.3, -0.25) is 0 Å². The lowest BCUT2D eigenvalue weighted by atomic mass is 9.85. The number of hydrogen-bond donors (Lipinski definition) is 1. The Labute approximate surface area is 95.3 Å². The van der Waals surface area contributed by atoms with Crippen LogP contribution in [0, 0.1) is 11.8 Å². The first-order valence-electron chi connectivity index (χ1n) is 6.93. The van der Waals surface area contributed by atoms with E-state index in [1.165, 1.54) is 64.2 Å². The SMILES string of the molecule is C[C@@H](CO)CCCCCC1CCCCC1. The van der Waals surface area contributed by atoms with Gasteiger partial charge in [0.05, 0.1) is 0 Å². The van der Waals surface area contributed by atoms with Crippen molar-refractivity contribution in [3.8, 4) is 0 Å². The summed E-state index contributed by atoms with van der Waals surface area (Å²) in [6.45, 7) is 2.50. The van der Waals surface area contributed by atoms with Crippen molar-refractivity contribution in [1.29, 1.82) is 0 Å². The molecule has 15 heavy (non-hydrogen) atoms. The average Bonchev–Trinajstić information content (AvgIpc) is 2.29. The van der Waals surface area contributed by atoms with Crippen LogP contribution in [0.2, 0.25) is 0 Å². The maximum Gasteiger partial charge on any atom is 0.0456 e. The molecule has 1 saturated carbocycles. The van der Waals surface area contributed by atoms with Crippen LogP contribution in [-0.4, -0.2) is 11.7 Å². The average molecular weight is 212 g/mol. The highest BCUT2D eigenvalue weighted by Gasteiger charge is 2.12. The molecule has 1 atom stereocenters. The van der Waals surface area contributed by atoms with Gasteiger partial charge in [0.15, 0.2) is 0 Å². The molecular formula is C14H28O. The second-order valence-corrected chi connectivity index (χ2v) is 5.43. The van der Waals surface area contributed by atoms with Crippen molar-refractivity contribution >= 4 is 0 Å². The maximum absolute atomic E-state index is 8.90. The van der Waals surface area contributed by atoms with E-state index in [1.807, 2.05) is 0 Å². The molecule has 0 saturated heterocycles. The maximum atomic E-state index is 8.90. The first kappa shape index (κ1) is 13.0. The Bertz CT molecular complexity index is 138. The van der Waals surface area contributed by atoms with Crippen LogP contribution < -0.4 is 0 Å². The van der Waals surface area contributed by atoms with E-state index in [1.54, 1.807) is 0 Å². The number of unbranched alkanes of at least 4 members (excludes halogenated alkanes) is 2. The van der Waals surface area contributed by atoms with Crippen LogP contribution >= 0.6 is 0 Å². The standard InChI is InChI=1S/C14H28O/c1-13(12-15)8-4-2-5-9-14-10-6-3-7-11-14/h13-15H,2-12H2,1H3/t13-/m1/s1. The molecule has 0 radical (unpaired) electrons. The molecule has 1 aliphatic carbocycles. The van der Waals surface area contributed by atoms with E-state index in [2.05, 4.69) is 6.92 Å². The summed E-state index contributed by atoms with van der Waals surface area (Å²) >= 11 is 0. The summed E-state index contributed by atoms with van der Waals surface area (Å²) in [5.74, 6) is 1.56. The van der Waals surface area contributed by atoms with Crippen molar-refractivity contribution in [1.82, 2.24) is 0 Å². The highest BCUT2D eigenvalue weighted by molar-refractivity contribution is 4.65. The Hall–Kier alpha value is -0.0400. The second kappa shape index (κ2) is 8.15. The van der Waals surface area contributed by atoms with Gasteiger partial charge in [-0.05, 0) is 18.3 Å². The van der Waals surface area contributed by atoms with Crippen molar-refractivity contribution in [2.45, 2.75) is 71.1 Å². The van der Waals surface area contributed by atoms with Gasteiger partial charge in [-0.15, -0.1) is 0 Å². The van der Waals surface area contributed by atoms with E-state index in [4.69, 9.17) is 5.11 Å². The summed E-state index contributed by atoms with van der Waals surface area (Å²) in [7, 11) is 0. The Kier molecular flexibility index (Phi) is 7.08. The summed E-state index contributed by atoms with van der Waals surface area (Å²) in [6.07, 6.45) is 14.2. The quantitative estimate of drug-likeness (QED) is 0.629. The van der Waals surface area contributed by atoms with Gasteiger partial charge in [0.1, 0.15) is 0 Å². The number of aliphatic hydroxyl groups excluding tert-OH is 1. The second-order valence-electron chi connectivity index (χ2n) is 5.43. The first-order valence-corrected chi connectivity index (χ1v) is 6.93. The lowest BCUT2D eigenvalue weighted by Gasteiger charge is -2.21. The van der Waals surface area contributed by atoms with Crippen LogP contribution in [-0.2, 0) is 0 Å². The van der Waals surface area contributed by atoms with Crippen molar-refractivity contribution in [2.75, 3.05) is 6.61 Å². The highest BCUT2D eigenvalue weighted by Crippen LogP contribution is 2.28. The zero-order valence-electron chi connectivity index (χ0n) is 10.4. The molecule has 0 unspecified atom stereocenters. The van der Waals surface area contributed by atoms with Crippen LogP contribution in [0.5, 0.6) is 0 Å². The third-order valence-electron chi connectivity index (χ3n) is 3.85. The fourth-order valence-electron chi connectivity index (χ4n) is 2.67. The van der Waals surface area contributed by atoms with Gasteiger partial charge in [-0.1, -0.05) is 64.7 Å². The van der Waals surface area contributed by atoms with E-state index in [0.717, 1.165) is 5.92 Å². The highest BCUT2D eigenvalue weighted by atomic mass is 16.3. The molecule has 1 rings (SSSR count). The van der Waals surface area contributed by atoms with Gasteiger partial charge in [-0.2, -0.15) is 0 Å². The Morgan fingerprint density at radius 2 is 1.80 bits per heavy atom. The van der Waals surface area contributed by atoms with E-state index in [0.29, 0.717) is 12.5 Å². The van der Waals surface area contributed by atoms with Gasteiger partial charge >= 0.3 is 0 Å². The molecule has 1 N–H and O–H groups in total. The molecular weight excluding hydrogens is 184 g/mol. The molecule has 0 aliphatic heterocycles. The molecule has 0 amide bonds. The summed E-state index contributed by atoms with van der Waals surface area (Å²) in [5.41, 5.74) is 0. The van der Waals surface area contributed by atoms with Crippen LogP contribution in [0.4, 0.5) is 0 Å². The summed E-state index contributed by atoms with van der Waals surface area (Å²) in [4.78, 5) is 0.